The van der Waals surface area contributed by atoms with E-state index in [1.807, 2.05) is 0 Å². The number of carboxylic acid groups (broad SMARTS) is 1. The Morgan fingerprint density at radius 1 is 1.30 bits per heavy atom. The molecule has 2 atom stereocenters. The van der Waals surface area contributed by atoms with Crippen molar-refractivity contribution in [3.63, 3.8) is 0 Å². The van der Waals surface area contributed by atoms with Gasteiger partial charge in [-0.25, -0.2) is 9.78 Å². The first-order chi connectivity index (χ1) is 15.2. The molecule has 33 heavy (non-hydrogen) atoms. The van der Waals surface area contributed by atoms with Gasteiger partial charge in [0.25, 0.3) is 11.8 Å². The molecule has 7 N–H and O–H groups in total. The number of carboxylic acids is 1. The number of aromatic nitrogens is 3. The van der Waals surface area contributed by atoms with E-state index in [0.29, 0.717) is 9.24 Å². The monoisotopic (exact) mass is 558 g/mol. The molecule has 170 valence electrons. The minimum atomic E-state index is -1.30. The zero-order valence-electron chi connectivity index (χ0n) is 17.4. The Labute approximate surface area is 229 Å². The second kappa shape index (κ2) is 10.3. The summed E-state index contributed by atoms with van der Waals surface area (Å²) in [6.07, 6.45) is 0. The van der Waals surface area contributed by atoms with Gasteiger partial charge >= 0.3 is 35.5 Å². The number of oxime groups is 1. The van der Waals surface area contributed by atoms with Gasteiger partial charge in [0.1, 0.15) is 27.1 Å². The molecule has 2 aliphatic rings. The number of nitrogen functional groups attached to an aromatic ring is 2. The average molecular weight is 559 g/mol. The topological polar surface area (TPSA) is 210 Å². The van der Waals surface area contributed by atoms with Crippen LogP contribution < -0.4 is 46.3 Å². The number of nitrogens with one attached hydrogen (secondary N) is 1. The fraction of sp³-hybridized carbons (Fsp3) is 0.214. The van der Waals surface area contributed by atoms with Crippen LogP contribution in [-0.2, 0) is 14.4 Å². The number of hydrogen-bond acceptors (Lipinski definition) is 14. The van der Waals surface area contributed by atoms with Crippen LogP contribution in [0.15, 0.2) is 20.1 Å². The predicted molar refractivity (Wildman–Crippen MR) is 121 cm³/mol. The molecule has 13 nitrogen and oxygen atoms in total. The van der Waals surface area contributed by atoms with Crippen LogP contribution >= 0.6 is 57.8 Å². The number of aliphatic carboxylic acids is 1. The largest absolute Gasteiger partial charge is 1.00 e. The fourth-order valence-electron chi connectivity index (χ4n) is 2.91. The fourth-order valence-corrected chi connectivity index (χ4v) is 7.11. The van der Waals surface area contributed by atoms with E-state index in [1.165, 1.54) is 11.8 Å². The third-order valence-electron chi connectivity index (χ3n) is 4.20. The normalized spacial score (nSPS) is 20.1. The quantitative estimate of drug-likeness (QED) is 0.0825. The van der Waals surface area contributed by atoms with Crippen LogP contribution in [0, 0.1) is 0 Å². The molecule has 0 aliphatic carbocycles. The van der Waals surface area contributed by atoms with Crippen molar-refractivity contribution in [1.29, 1.82) is 0 Å². The summed E-state index contributed by atoms with van der Waals surface area (Å²) in [7, 11) is 0. The molecule has 2 aromatic rings. The third kappa shape index (κ3) is 4.95. The Balaban J connectivity index is 0.00000204. The number of anilines is 2. The van der Waals surface area contributed by atoms with Crippen LogP contribution in [0.1, 0.15) is 7.12 Å². The van der Waals surface area contributed by atoms with Crippen molar-refractivity contribution in [2.75, 3.05) is 17.2 Å². The van der Waals surface area contributed by atoms with Crippen LogP contribution in [0.2, 0.25) is 4.34 Å². The number of fused-ring (bicyclic) bond motifs is 1. The van der Waals surface area contributed by atoms with Crippen LogP contribution in [0.3, 0.4) is 0 Å². The van der Waals surface area contributed by atoms with E-state index in [1.54, 1.807) is 0 Å². The number of hydrogen-bond donors (Lipinski definition) is 5. The number of nitrogens with two attached hydrogens (primary N) is 2. The molecule has 2 aliphatic heterocycles. The first-order valence-corrected chi connectivity index (χ1v) is 12.2. The molecule has 0 spiro atoms. The molecule has 19 heteroatoms. The number of carbonyl (C=O) groups excluding carboxylic acids is 2. The minimum absolute atomic E-state index is 0. The summed E-state index contributed by atoms with van der Waals surface area (Å²) < 4.78 is 0.477. The molecule has 4 rings (SSSR count). The van der Waals surface area contributed by atoms with Crippen molar-refractivity contribution >= 4 is 91.6 Å². The van der Waals surface area contributed by atoms with Gasteiger partial charge in [-0.05, 0) is 0 Å². The van der Waals surface area contributed by atoms with E-state index in [-0.39, 0.29) is 62.7 Å². The second-order valence-electron chi connectivity index (χ2n) is 6.07. The zero-order chi connectivity index (χ0) is 23.2. The summed E-state index contributed by atoms with van der Waals surface area (Å²) in [6, 6.07) is -1.04. The average Bonchev–Trinajstić information content (AvgIpc) is 3.30. The summed E-state index contributed by atoms with van der Waals surface area (Å²) in [4.78, 5) is 42.6. The van der Waals surface area contributed by atoms with Gasteiger partial charge in [0.2, 0.25) is 5.13 Å². The molecular formula is C14H12ClN8NaO5S4. The van der Waals surface area contributed by atoms with Crippen LogP contribution in [0.25, 0.3) is 0 Å². The van der Waals surface area contributed by atoms with Crippen LogP contribution in [0.4, 0.5) is 10.3 Å². The Bertz CT molecular complexity index is 1210. The zero-order valence-corrected chi connectivity index (χ0v) is 22.4. The SMILES string of the molecule is Nc1nnc(SC2=C(C(=O)O)N3C(=O)[C@@H](NC(=O)C(=NO)c4nc(N)sc4Cl)C3SC2)s1.[H-].[Na+]. The van der Waals surface area contributed by atoms with Crippen molar-refractivity contribution in [3.8, 4) is 0 Å². The molecule has 2 amide bonds. The maximum atomic E-state index is 12.8. The van der Waals surface area contributed by atoms with Gasteiger partial charge < -0.3 is 28.5 Å². The maximum absolute atomic E-state index is 12.8. The molecular weight excluding hydrogens is 547 g/mol. The molecule has 0 radical (unpaired) electrons. The Morgan fingerprint density at radius 2 is 2.03 bits per heavy atom. The van der Waals surface area contributed by atoms with E-state index in [0.717, 1.165) is 39.3 Å². The molecule has 0 saturated carbocycles. The van der Waals surface area contributed by atoms with Gasteiger partial charge in [0.15, 0.2) is 15.2 Å². The molecule has 0 aromatic carbocycles. The van der Waals surface area contributed by atoms with E-state index >= 15 is 0 Å². The molecule has 4 heterocycles. The van der Waals surface area contributed by atoms with Gasteiger partial charge in [-0.2, -0.15) is 0 Å². The van der Waals surface area contributed by atoms with Gasteiger partial charge in [-0.3, -0.25) is 14.5 Å². The third-order valence-corrected chi connectivity index (χ3v) is 8.63. The summed E-state index contributed by atoms with van der Waals surface area (Å²) in [5, 5.41) is 31.5. The summed E-state index contributed by atoms with van der Waals surface area (Å²) in [5.74, 6) is -2.59. The molecule has 1 saturated heterocycles. The number of β-lactam (4-membered cyclic amide) rings is 1. The van der Waals surface area contributed by atoms with E-state index in [2.05, 4.69) is 25.7 Å². The van der Waals surface area contributed by atoms with Crippen molar-refractivity contribution in [1.82, 2.24) is 25.4 Å². The summed E-state index contributed by atoms with van der Waals surface area (Å²) in [5.41, 5.74) is 10.3. The van der Waals surface area contributed by atoms with Gasteiger partial charge in [0, 0.05) is 10.7 Å². The van der Waals surface area contributed by atoms with Crippen molar-refractivity contribution < 1.29 is 55.7 Å². The number of thiazole rings is 1. The number of rotatable bonds is 6. The summed E-state index contributed by atoms with van der Waals surface area (Å²) >= 11 is 10.3. The Hall–Kier alpha value is -1.60. The maximum Gasteiger partial charge on any atom is 1.00 e. The number of amides is 2. The number of nitrogens with zero attached hydrogens (tertiary/aromatic N) is 5. The van der Waals surface area contributed by atoms with Gasteiger partial charge in [0.05, 0.1) is 0 Å². The van der Waals surface area contributed by atoms with Gasteiger partial charge in [-0.1, -0.05) is 51.2 Å². The molecule has 2 aromatic heterocycles. The molecule has 0 bridgehead atoms. The standard InChI is InChI=1S/C14H11ClN8O5S4.Na.H/c15-7-3(19-12(16)31-7)4(22-28)8(24)18-5-9(25)23-6(11(26)27)2(1-29-10(5)23)30-14-21-20-13(17)32-14;;/h5,10,28H,1H2,(H2,16,19)(H2,17,20)(H,18,24)(H,26,27);;/q;+1;-1/t5-,10?;;/m1../s1. The van der Waals surface area contributed by atoms with Crippen molar-refractivity contribution in [2.24, 2.45) is 5.16 Å². The van der Waals surface area contributed by atoms with Crippen LogP contribution in [-0.4, -0.2) is 71.1 Å². The van der Waals surface area contributed by atoms with Crippen molar-refractivity contribution in [2.45, 2.75) is 15.8 Å². The first kappa shape index (κ1) is 26.0. The minimum Gasteiger partial charge on any atom is -1.00 e. The molecule has 1 unspecified atom stereocenters. The van der Waals surface area contributed by atoms with E-state index in [9.17, 15) is 24.7 Å². The van der Waals surface area contributed by atoms with Crippen molar-refractivity contribution in [3.05, 3.63) is 20.6 Å². The number of carbonyl (C=O) groups is 3. The van der Waals surface area contributed by atoms with E-state index < -0.39 is 34.9 Å². The predicted octanol–water partition coefficient (Wildman–Crippen LogP) is -2.40. The second-order valence-corrected chi connectivity index (χ2v) is 11.2. The Morgan fingerprint density at radius 3 is 2.58 bits per heavy atom. The first-order valence-electron chi connectivity index (χ1n) is 8.34. The smallest absolute Gasteiger partial charge is 1.00 e. The molecule has 1 fully saturated rings. The van der Waals surface area contributed by atoms with Crippen LogP contribution in [0.5, 0.6) is 0 Å². The number of thioether (sulfide) groups is 2. The summed E-state index contributed by atoms with van der Waals surface area (Å²) in [6.45, 7) is 0. The van der Waals surface area contributed by atoms with Gasteiger partial charge in [-0.15, -0.1) is 22.0 Å². The Kier molecular flexibility index (Phi) is 8.15. The van der Waals surface area contributed by atoms with E-state index in [4.69, 9.17) is 23.1 Å². The number of halogens is 1.